The number of carbonyl (C=O) groups excluding carboxylic acids is 2. The van der Waals surface area contributed by atoms with Gasteiger partial charge in [-0.05, 0) is 17.7 Å². The van der Waals surface area contributed by atoms with Crippen LogP contribution < -0.4 is 5.32 Å². The fourth-order valence-corrected chi connectivity index (χ4v) is 4.63. The number of carbonyl (C=O) groups is 2. The zero-order valence-corrected chi connectivity index (χ0v) is 16.8. The van der Waals surface area contributed by atoms with E-state index in [2.05, 4.69) is 15.3 Å². The Morgan fingerprint density at radius 1 is 1.20 bits per heavy atom. The number of likely N-dealkylation sites (tertiary alicyclic amines) is 1. The number of hydrogen-bond donors (Lipinski definition) is 1. The molecule has 3 aromatic heterocycles. The molecule has 1 aliphatic heterocycles. The van der Waals surface area contributed by atoms with Gasteiger partial charge in [-0.3, -0.25) is 9.59 Å². The Morgan fingerprint density at radius 3 is 2.87 bits per heavy atom. The van der Waals surface area contributed by atoms with Gasteiger partial charge >= 0.3 is 0 Å². The summed E-state index contributed by atoms with van der Waals surface area (Å²) >= 11 is 1.51. The minimum absolute atomic E-state index is 0.0557. The zero-order valence-electron chi connectivity index (χ0n) is 15.9. The number of thiophene rings is 1. The molecule has 1 fully saturated rings. The number of nitrogens with one attached hydrogen (secondary N) is 1. The zero-order chi connectivity index (χ0) is 20.5. The number of amides is 2. The van der Waals surface area contributed by atoms with Crippen LogP contribution in [0.2, 0.25) is 0 Å². The van der Waals surface area contributed by atoms with Crippen molar-refractivity contribution in [1.29, 1.82) is 0 Å². The standard InChI is InChI=1S/C22H18N4O3S/c27-18-9-15(10-26(18)11-16-7-4-8-29-16)21(28)25-20-19-17(14-5-2-1-3-6-14)12-30-22(19)24-13-23-20/h1-8,12-13,15H,9-11H2,(H,23,24,25,28). The summed E-state index contributed by atoms with van der Waals surface area (Å²) in [5, 5.41) is 5.78. The number of nitrogens with zero attached hydrogens (tertiary/aromatic N) is 3. The molecular formula is C22H18N4O3S. The number of benzene rings is 1. The third-order valence-electron chi connectivity index (χ3n) is 5.21. The van der Waals surface area contributed by atoms with Gasteiger partial charge in [0.1, 0.15) is 22.7 Å². The Kier molecular flexibility index (Phi) is 4.76. The number of fused-ring (bicyclic) bond motifs is 1. The second kappa shape index (κ2) is 7.72. The second-order valence-corrected chi connectivity index (χ2v) is 8.02. The average molecular weight is 418 g/mol. The van der Waals surface area contributed by atoms with Gasteiger partial charge < -0.3 is 14.6 Å². The summed E-state index contributed by atoms with van der Waals surface area (Å²) in [6, 6.07) is 13.5. The van der Waals surface area contributed by atoms with Crippen molar-refractivity contribution in [1.82, 2.24) is 14.9 Å². The molecule has 0 radical (unpaired) electrons. The first-order valence-electron chi connectivity index (χ1n) is 9.57. The normalized spacial score (nSPS) is 16.3. The lowest BCUT2D eigenvalue weighted by molar-refractivity contribution is -0.128. The lowest BCUT2D eigenvalue weighted by Crippen LogP contribution is -2.28. The Morgan fingerprint density at radius 2 is 2.07 bits per heavy atom. The number of hydrogen-bond acceptors (Lipinski definition) is 6. The minimum atomic E-state index is -0.434. The van der Waals surface area contributed by atoms with Gasteiger partial charge in [-0.2, -0.15) is 0 Å². The molecule has 1 aliphatic rings. The molecular weight excluding hydrogens is 400 g/mol. The molecule has 1 atom stereocenters. The molecule has 1 aromatic carbocycles. The van der Waals surface area contributed by atoms with E-state index in [0.29, 0.717) is 24.7 Å². The van der Waals surface area contributed by atoms with Gasteiger partial charge in [-0.25, -0.2) is 9.97 Å². The van der Waals surface area contributed by atoms with E-state index in [1.54, 1.807) is 17.2 Å². The molecule has 2 amide bonds. The highest BCUT2D eigenvalue weighted by Crippen LogP contribution is 2.36. The molecule has 1 N–H and O–H groups in total. The van der Waals surface area contributed by atoms with Crippen molar-refractivity contribution in [2.75, 3.05) is 11.9 Å². The maximum Gasteiger partial charge on any atom is 0.230 e. The predicted octanol–water partition coefficient (Wildman–Crippen LogP) is 3.94. The summed E-state index contributed by atoms with van der Waals surface area (Å²) in [5.41, 5.74) is 2.02. The molecule has 0 saturated carbocycles. The van der Waals surface area contributed by atoms with Crippen LogP contribution in [0.1, 0.15) is 12.2 Å². The molecule has 0 spiro atoms. The number of rotatable bonds is 5. The maximum absolute atomic E-state index is 13.0. The van der Waals surface area contributed by atoms with Crippen LogP contribution in [0.15, 0.2) is 64.9 Å². The van der Waals surface area contributed by atoms with E-state index >= 15 is 0 Å². The van der Waals surface area contributed by atoms with E-state index in [9.17, 15) is 9.59 Å². The Balaban J connectivity index is 1.38. The molecule has 0 aliphatic carbocycles. The van der Waals surface area contributed by atoms with Crippen LogP contribution in [-0.4, -0.2) is 33.2 Å². The third kappa shape index (κ3) is 3.46. The van der Waals surface area contributed by atoms with E-state index in [1.165, 1.54) is 17.7 Å². The van der Waals surface area contributed by atoms with E-state index < -0.39 is 5.92 Å². The first-order valence-corrected chi connectivity index (χ1v) is 10.5. The summed E-state index contributed by atoms with van der Waals surface area (Å²) in [4.78, 5) is 36.4. The first-order chi connectivity index (χ1) is 14.7. The Labute approximate surface area is 176 Å². The highest BCUT2D eigenvalue weighted by molar-refractivity contribution is 7.17. The lowest BCUT2D eigenvalue weighted by atomic mass is 10.1. The van der Waals surface area contributed by atoms with Gasteiger partial charge in [0.15, 0.2) is 0 Å². The molecule has 1 saturated heterocycles. The van der Waals surface area contributed by atoms with Crippen molar-refractivity contribution in [3.05, 3.63) is 66.2 Å². The molecule has 5 rings (SSSR count). The van der Waals surface area contributed by atoms with Gasteiger partial charge in [0, 0.05) is 23.9 Å². The van der Waals surface area contributed by atoms with Crippen LogP contribution in [0.4, 0.5) is 5.82 Å². The van der Waals surface area contributed by atoms with E-state index in [1.807, 2.05) is 41.8 Å². The fraction of sp³-hybridized carbons (Fsp3) is 0.182. The van der Waals surface area contributed by atoms with E-state index in [0.717, 1.165) is 21.3 Å². The number of furan rings is 1. The van der Waals surface area contributed by atoms with Crippen molar-refractivity contribution >= 4 is 39.2 Å². The topological polar surface area (TPSA) is 88.3 Å². The van der Waals surface area contributed by atoms with Crippen LogP contribution in [0.5, 0.6) is 0 Å². The summed E-state index contributed by atoms with van der Waals surface area (Å²) < 4.78 is 5.32. The summed E-state index contributed by atoms with van der Waals surface area (Å²) in [6.07, 6.45) is 3.20. The van der Waals surface area contributed by atoms with Crippen molar-refractivity contribution < 1.29 is 14.0 Å². The number of aromatic nitrogens is 2. The molecule has 8 heteroatoms. The second-order valence-electron chi connectivity index (χ2n) is 7.16. The maximum atomic E-state index is 13.0. The highest BCUT2D eigenvalue weighted by Gasteiger charge is 2.35. The summed E-state index contributed by atoms with van der Waals surface area (Å²) in [7, 11) is 0. The average Bonchev–Trinajstić information content (AvgIpc) is 3.50. The molecule has 0 bridgehead atoms. The van der Waals surface area contributed by atoms with Gasteiger partial charge in [-0.1, -0.05) is 30.3 Å². The largest absolute Gasteiger partial charge is 0.467 e. The van der Waals surface area contributed by atoms with Crippen molar-refractivity contribution in [2.24, 2.45) is 5.92 Å². The molecule has 4 heterocycles. The van der Waals surface area contributed by atoms with Crippen LogP contribution in [0.3, 0.4) is 0 Å². The third-order valence-corrected chi connectivity index (χ3v) is 6.10. The molecule has 150 valence electrons. The summed E-state index contributed by atoms with van der Waals surface area (Å²) in [6.45, 7) is 0.727. The van der Waals surface area contributed by atoms with Gasteiger partial charge in [-0.15, -0.1) is 11.3 Å². The predicted molar refractivity (Wildman–Crippen MR) is 114 cm³/mol. The molecule has 7 nitrogen and oxygen atoms in total. The van der Waals surface area contributed by atoms with Crippen LogP contribution in [0, 0.1) is 5.92 Å². The monoisotopic (exact) mass is 418 g/mol. The Hall–Kier alpha value is -3.52. The van der Waals surface area contributed by atoms with Gasteiger partial charge in [0.25, 0.3) is 0 Å². The summed E-state index contributed by atoms with van der Waals surface area (Å²) in [5.74, 6) is 0.474. The van der Waals surface area contributed by atoms with Crippen molar-refractivity contribution in [2.45, 2.75) is 13.0 Å². The van der Waals surface area contributed by atoms with E-state index in [4.69, 9.17) is 4.42 Å². The van der Waals surface area contributed by atoms with Crippen molar-refractivity contribution in [3.63, 3.8) is 0 Å². The van der Waals surface area contributed by atoms with Crippen LogP contribution in [-0.2, 0) is 16.1 Å². The SMILES string of the molecule is O=C(Nc1ncnc2scc(-c3ccccc3)c12)C1CC(=O)N(Cc2ccco2)C1. The quantitative estimate of drug-likeness (QED) is 0.530. The lowest BCUT2D eigenvalue weighted by Gasteiger charge is -2.15. The molecule has 4 aromatic rings. The molecule has 30 heavy (non-hydrogen) atoms. The highest BCUT2D eigenvalue weighted by atomic mass is 32.1. The van der Waals surface area contributed by atoms with Gasteiger partial charge in [0.2, 0.25) is 11.8 Å². The number of anilines is 1. The van der Waals surface area contributed by atoms with E-state index in [-0.39, 0.29) is 18.2 Å². The minimum Gasteiger partial charge on any atom is -0.467 e. The van der Waals surface area contributed by atoms with Gasteiger partial charge in [0.05, 0.1) is 24.1 Å². The molecule has 1 unspecified atom stereocenters. The Bertz CT molecular complexity index is 1200. The van der Waals surface area contributed by atoms with Crippen LogP contribution in [0.25, 0.3) is 21.3 Å². The fourth-order valence-electron chi connectivity index (χ4n) is 3.71. The smallest absolute Gasteiger partial charge is 0.230 e. The first kappa shape index (κ1) is 18.5. The van der Waals surface area contributed by atoms with Crippen molar-refractivity contribution in [3.8, 4) is 11.1 Å². The van der Waals surface area contributed by atoms with Crippen LogP contribution >= 0.6 is 11.3 Å².